The van der Waals surface area contributed by atoms with Gasteiger partial charge in [-0.2, -0.15) is 0 Å². The maximum Gasteiger partial charge on any atom is 0.323 e. The Morgan fingerprint density at radius 1 is 1.65 bits per heavy atom. The minimum absolute atomic E-state index is 0.138. The average molecular weight is 241 g/mol. The van der Waals surface area contributed by atoms with E-state index in [1.807, 2.05) is 0 Å². The van der Waals surface area contributed by atoms with E-state index >= 15 is 0 Å². The highest BCUT2D eigenvalue weighted by molar-refractivity contribution is 5.77. The molecule has 1 aromatic carbocycles. The van der Waals surface area contributed by atoms with Crippen molar-refractivity contribution < 1.29 is 19.0 Å². The second kappa shape index (κ2) is 5.14. The number of hydrogen-bond donors (Lipinski definition) is 2. The molecule has 0 fully saturated rings. The number of nitrogens with two attached hydrogens (primary N) is 1. The lowest BCUT2D eigenvalue weighted by atomic mass is 9.96. The van der Waals surface area contributed by atoms with Crippen LogP contribution >= 0.6 is 0 Å². The van der Waals surface area contributed by atoms with Crippen molar-refractivity contribution in [1.82, 2.24) is 0 Å². The molecule has 0 aromatic heterocycles. The zero-order chi connectivity index (χ0) is 13.1. The van der Waals surface area contributed by atoms with E-state index in [2.05, 4.69) is 0 Å². The second-order valence-corrected chi connectivity index (χ2v) is 4.31. The summed E-state index contributed by atoms with van der Waals surface area (Å²) in [5.41, 5.74) is 4.24. The summed E-state index contributed by atoms with van der Waals surface area (Å²) in [5, 5.41) is 8.86. The molecule has 5 heteroatoms. The number of rotatable bonds is 5. The van der Waals surface area contributed by atoms with Crippen LogP contribution in [0.2, 0.25) is 0 Å². The van der Waals surface area contributed by atoms with E-state index in [9.17, 15) is 9.18 Å². The van der Waals surface area contributed by atoms with E-state index in [4.69, 9.17) is 15.6 Å². The molecule has 0 radical (unpaired) electrons. The van der Waals surface area contributed by atoms with Gasteiger partial charge in [-0.25, -0.2) is 4.39 Å². The van der Waals surface area contributed by atoms with Crippen molar-refractivity contribution in [1.29, 1.82) is 0 Å². The Hall–Kier alpha value is -1.62. The van der Waals surface area contributed by atoms with Crippen molar-refractivity contribution in [3.63, 3.8) is 0 Å². The highest BCUT2D eigenvalue weighted by atomic mass is 19.1. The molecule has 0 saturated carbocycles. The number of benzene rings is 1. The van der Waals surface area contributed by atoms with Gasteiger partial charge in [-0.3, -0.25) is 4.79 Å². The van der Waals surface area contributed by atoms with Gasteiger partial charge in [0, 0.05) is 12.5 Å². The normalized spacial score (nSPS) is 16.0. The fourth-order valence-corrected chi connectivity index (χ4v) is 1.50. The molecule has 94 valence electrons. The minimum atomic E-state index is -1.35. The molecule has 0 aliphatic rings. The Balaban J connectivity index is 2.61. The summed E-state index contributed by atoms with van der Waals surface area (Å²) in [6.07, 6.45) is -0.276. The van der Waals surface area contributed by atoms with Crippen LogP contribution in [0.3, 0.4) is 0 Å². The smallest absolute Gasteiger partial charge is 0.323 e. The summed E-state index contributed by atoms with van der Waals surface area (Å²) in [6, 6.07) is 5.68. The van der Waals surface area contributed by atoms with Gasteiger partial charge in [0.25, 0.3) is 0 Å². The lowest BCUT2D eigenvalue weighted by Gasteiger charge is -2.24. The third kappa shape index (κ3) is 4.03. The fraction of sp³-hybridized carbons (Fsp3) is 0.417. The Morgan fingerprint density at radius 2 is 2.29 bits per heavy atom. The predicted molar refractivity (Wildman–Crippen MR) is 61.3 cm³/mol. The van der Waals surface area contributed by atoms with Crippen LogP contribution in [0.5, 0.6) is 5.75 Å². The van der Waals surface area contributed by atoms with Crippen molar-refractivity contribution in [3.8, 4) is 5.75 Å². The zero-order valence-electron chi connectivity index (χ0n) is 9.81. The lowest BCUT2D eigenvalue weighted by Crippen LogP contribution is -2.47. The van der Waals surface area contributed by atoms with Gasteiger partial charge >= 0.3 is 5.97 Å². The molecule has 2 unspecified atom stereocenters. The number of halogens is 1. The number of hydrogen-bond acceptors (Lipinski definition) is 3. The number of ether oxygens (including phenoxy) is 1. The first-order valence-electron chi connectivity index (χ1n) is 5.26. The Labute approximate surface area is 99.2 Å². The third-order valence-corrected chi connectivity index (χ3v) is 2.33. The van der Waals surface area contributed by atoms with Gasteiger partial charge in [-0.05, 0) is 26.0 Å². The van der Waals surface area contributed by atoms with E-state index in [0.717, 1.165) is 0 Å². The van der Waals surface area contributed by atoms with E-state index in [1.54, 1.807) is 13.0 Å². The highest BCUT2D eigenvalue weighted by Gasteiger charge is 2.30. The molecule has 2 atom stereocenters. The molecule has 0 saturated heterocycles. The van der Waals surface area contributed by atoms with Gasteiger partial charge in [-0.1, -0.05) is 6.07 Å². The van der Waals surface area contributed by atoms with Gasteiger partial charge in [0.15, 0.2) is 0 Å². The van der Waals surface area contributed by atoms with Gasteiger partial charge in [-0.15, -0.1) is 0 Å². The molecule has 1 rings (SSSR count). The molecule has 1 aromatic rings. The summed E-state index contributed by atoms with van der Waals surface area (Å²) in [5.74, 6) is -1.13. The maximum atomic E-state index is 12.9. The molecule has 4 nitrogen and oxygen atoms in total. The molecule has 0 spiro atoms. The van der Waals surface area contributed by atoms with Crippen molar-refractivity contribution in [2.24, 2.45) is 5.73 Å². The van der Waals surface area contributed by atoms with E-state index in [0.29, 0.717) is 5.75 Å². The lowest BCUT2D eigenvalue weighted by molar-refractivity contribution is -0.143. The molecule has 0 heterocycles. The van der Waals surface area contributed by atoms with Crippen LogP contribution in [-0.4, -0.2) is 22.7 Å². The molecular weight excluding hydrogens is 225 g/mol. The van der Waals surface area contributed by atoms with Crippen molar-refractivity contribution in [3.05, 3.63) is 30.1 Å². The fourth-order valence-electron chi connectivity index (χ4n) is 1.50. The average Bonchev–Trinajstić information content (AvgIpc) is 2.15. The van der Waals surface area contributed by atoms with Gasteiger partial charge < -0.3 is 15.6 Å². The van der Waals surface area contributed by atoms with E-state index in [1.165, 1.54) is 25.1 Å². The van der Waals surface area contributed by atoms with Crippen molar-refractivity contribution in [2.75, 3.05) is 0 Å². The van der Waals surface area contributed by atoms with Gasteiger partial charge in [0.1, 0.15) is 17.1 Å². The van der Waals surface area contributed by atoms with Crippen LogP contribution in [0.1, 0.15) is 20.3 Å². The van der Waals surface area contributed by atoms with Crippen LogP contribution in [0.25, 0.3) is 0 Å². The number of carboxylic acids is 1. The maximum absolute atomic E-state index is 12.9. The summed E-state index contributed by atoms with van der Waals surface area (Å²) < 4.78 is 18.3. The number of carbonyl (C=O) groups is 1. The molecule has 17 heavy (non-hydrogen) atoms. The molecule has 0 bridgehead atoms. The van der Waals surface area contributed by atoms with Crippen LogP contribution in [-0.2, 0) is 4.79 Å². The Bertz CT molecular complexity index is 406. The topological polar surface area (TPSA) is 72.6 Å². The molecule has 3 N–H and O–H groups in total. The van der Waals surface area contributed by atoms with E-state index < -0.39 is 23.4 Å². The first-order chi connectivity index (χ1) is 7.81. The molecule has 0 amide bonds. The van der Waals surface area contributed by atoms with Gasteiger partial charge in [0.2, 0.25) is 0 Å². The third-order valence-electron chi connectivity index (χ3n) is 2.33. The van der Waals surface area contributed by atoms with Crippen molar-refractivity contribution in [2.45, 2.75) is 31.9 Å². The minimum Gasteiger partial charge on any atom is -0.491 e. The summed E-state index contributed by atoms with van der Waals surface area (Å²) >= 11 is 0. The van der Waals surface area contributed by atoms with Crippen LogP contribution in [0, 0.1) is 5.82 Å². The number of aliphatic carboxylic acids is 1. The predicted octanol–water partition coefficient (Wildman–Crippen LogP) is 1.79. The quantitative estimate of drug-likeness (QED) is 0.824. The molecule has 0 aliphatic heterocycles. The largest absolute Gasteiger partial charge is 0.491 e. The summed E-state index contributed by atoms with van der Waals surface area (Å²) in [7, 11) is 0. The van der Waals surface area contributed by atoms with Gasteiger partial charge in [0.05, 0.1) is 6.10 Å². The zero-order valence-corrected chi connectivity index (χ0v) is 9.81. The summed E-state index contributed by atoms with van der Waals surface area (Å²) in [4.78, 5) is 10.8. The standard InChI is InChI=1S/C12H16FNO3/c1-8(7-12(2,14)11(15)16)17-10-5-3-4-9(13)6-10/h3-6,8H,7,14H2,1-2H3,(H,15,16). The SMILES string of the molecule is CC(CC(C)(N)C(=O)O)Oc1cccc(F)c1. The Kier molecular flexibility index (Phi) is 4.07. The van der Waals surface area contributed by atoms with E-state index in [-0.39, 0.29) is 6.42 Å². The first-order valence-corrected chi connectivity index (χ1v) is 5.26. The van der Waals surface area contributed by atoms with Crippen molar-refractivity contribution >= 4 is 5.97 Å². The first kappa shape index (κ1) is 13.4. The second-order valence-electron chi connectivity index (χ2n) is 4.31. The highest BCUT2D eigenvalue weighted by Crippen LogP contribution is 2.18. The molecule has 0 aliphatic carbocycles. The summed E-state index contributed by atoms with van der Waals surface area (Å²) in [6.45, 7) is 3.11. The Morgan fingerprint density at radius 3 is 2.82 bits per heavy atom. The van der Waals surface area contributed by atoms with Crippen LogP contribution < -0.4 is 10.5 Å². The van der Waals surface area contributed by atoms with Crippen LogP contribution in [0.4, 0.5) is 4.39 Å². The van der Waals surface area contributed by atoms with Crippen LogP contribution in [0.15, 0.2) is 24.3 Å². The monoisotopic (exact) mass is 241 g/mol. The number of carboxylic acid groups (broad SMARTS) is 1. The molecular formula is C12H16FNO3.